The number of hydrogen-bond acceptors (Lipinski definition) is 5. The molecule has 0 unspecified atom stereocenters. The van der Waals surface area contributed by atoms with Gasteiger partial charge in [-0.15, -0.1) is 5.10 Å². The molecule has 4 heterocycles. The molecule has 1 fully saturated rings. The minimum atomic E-state index is 0.00666. The lowest BCUT2D eigenvalue weighted by Crippen LogP contribution is -2.39. The summed E-state index contributed by atoms with van der Waals surface area (Å²) in [6, 6.07) is 3.72. The van der Waals surface area contributed by atoms with Gasteiger partial charge in [0.1, 0.15) is 5.69 Å². The Morgan fingerprint density at radius 3 is 2.88 bits per heavy atom. The van der Waals surface area contributed by atoms with Crippen LogP contribution in [0.5, 0.6) is 5.88 Å². The number of aryl methyl sites for hydroxylation is 1. The molecule has 1 saturated heterocycles. The predicted octanol–water partition coefficient (Wildman–Crippen LogP) is 1.39. The Morgan fingerprint density at radius 2 is 2.12 bits per heavy atom. The lowest BCUT2D eigenvalue weighted by molar-refractivity contribution is 0.0653. The van der Waals surface area contributed by atoms with Crippen molar-refractivity contribution in [3.63, 3.8) is 0 Å². The molecule has 8 nitrogen and oxygen atoms in total. The molecule has 0 atom stereocenters. The number of likely N-dealkylation sites (tertiary alicyclic amines) is 1. The van der Waals surface area contributed by atoms with Gasteiger partial charge in [0.15, 0.2) is 5.65 Å². The minimum Gasteiger partial charge on any atom is -0.476 e. The first-order valence-corrected chi connectivity index (χ1v) is 8.39. The van der Waals surface area contributed by atoms with Crippen molar-refractivity contribution in [1.82, 2.24) is 29.0 Å². The van der Waals surface area contributed by atoms with Crippen molar-refractivity contribution in [1.29, 1.82) is 0 Å². The SMILES string of the molecule is Cn1cnc(C(=O)N2CCC(COc3ccc4nccn4n3)CC2)c1. The van der Waals surface area contributed by atoms with Crippen LogP contribution in [0.4, 0.5) is 0 Å². The molecule has 3 aromatic heterocycles. The number of fused-ring (bicyclic) bond motifs is 1. The molecule has 0 saturated carbocycles. The Morgan fingerprint density at radius 1 is 1.28 bits per heavy atom. The largest absolute Gasteiger partial charge is 0.476 e. The Hall–Kier alpha value is -2.90. The summed E-state index contributed by atoms with van der Waals surface area (Å²) in [5.41, 5.74) is 1.31. The van der Waals surface area contributed by atoms with Gasteiger partial charge < -0.3 is 14.2 Å². The molecule has 0 bridgehead atoms. The van der Waals surface area contributed by atoms with E-state index in [2.05, 4.69) is 15.1 Å². The van der Waals surface area contributed by atoms with E-state index < -0.39 is 0 Å². The van der Waals surface area contributed by atoms with E-state index in [0.717, 1.165) is 31.6 Å². The average molecular weight is 340 g/mol. The predicted molar refractivity (Wildman–Crippen MR) is 90.3 cm³/mol. The lowest BCUT2D eigenvalue weighted by atomic mass is 9.97. The quantitative estimate of drug-likeness (QED) is 0.717. The fourth-order valence-electron chi connectivity index (χ4n) is 3.07. The highest BCUT2D eigenvalue weighted by Gasteiger charge is 2.25. The number of carbonyl (C=O) groups is 1. The molecule has 4 rings (SSSR count). The second-order valence-electron chi connectivity index (χ2n) is 6.37. The second-order valence-corrected chi connectivity index (χ2v) is 6.37. The number of aromatic nitrogens is 5. The van der Waals surface area contributed by atoms with E-state index >= 15 is 0 Å². The van der Waals surface area contributed by atoms with Crippen molar-refractivity contribution in [2.75, 3.05) is 19.7 Å². The van der Waals surface area contributed by atoms with Gasteiger partial charge in [-0.1, -0.05) is 0 Å². The Labute approximate surface area is 145 Å². The molecule has 0 aromatic carbocycles. The Balaban J connectivity index is 1.29. The van der Waals surface area contributed by atoms with Crippen molar-refractivity contribution in [3.05, 3.63) is 42.7 Å². The number of piperidine rings is 1. The molecule has 0 aliphatic carbocycles. The average Bonchev–Trinajstić information content (AvgIpc) is 3.28. The fraction of sp³-hybridized carbons (Fsp3) is 0.412. The van der Waals surface area contributed by atoms with Gasteiger partial charge in [-0.3, -0.25) is 4.79 Å². The molecule has 130 valence electrons. The van der Waals surface area contributed by atoms with E-state index in [1.165, 1.54) is 0 Å². The number of hydrogen-bond donors (Lipinski definition) is 0. The molecule has 0 radical (unpaired) electrons. The van der Waals surface area contributed by atoms with Crippen molar-refractivity contribution >= 4 is 11.6 Å². The highest BCUT2D eigenvalue weighted by atomic mass is 16.5. The maximum atomic E-state index is 12.4. The number of rotatable bonds is 4. The molecular weight excluding hydrogens is 320 g/mol. The van der Waals surface area contributed by atoms with Crippen LogP contribution in [0.2, 0.25) is 0 Å². The van der Waals surface area contributed by atoms with Crippen LogP contribution in [0.3, 0.4) is 0 Å². The maximum absolute atomic E-state index is 12.4. The normalized spacial score (nSPS) is 15.6. The van der Waals surface area contributed by atoms with E-state index in [9.17, 15) is 4.79 Å². The van der Waals surface area contributed by atoms with Crippen LogP contribution in [-0.4, -0.2) is 54.7 Å². The van der Waals surface area contributed by atoms with Gasteiger partial charge in [-0.2, -0.15) is 0 Å². The molecule has 0 spiro atoms. The molecule has 1 aliphatic rings. The third-order valence-electron chi connectivity index (χ3n) is 4.52. The van der Waals surface area contributed by atoms with Crippen molar-refractivity contribution in [2.24, 2.45) is 13.0 Å². The monoisotopic (exact) mass is 340 g/mol. The summed E-state index contributed by atoms with van der Waals surface area (Å²) in [7, 11) is 1.86. The van der Waals surface area contributed by atoms with Gasteiger partial charge in [0, 0.05) is 44.8 Å². The van der Waals surface area contributed by atoms with E-state index in [1.54, 1.807) is 34.0 Å². The van der Waals surface area contributed by atoms with Crippen LogP contribution in [0.1, 0.15) is 23.3 Å². The molecule has 1 aliphatic heterocycles. The molecule has 25 heavy (non-hydrogen) atoms. The third kappa shape index (κ3) is 3.33. The minimum absolute atomic E-state index is 0.00666. The molecular formula is C17H20N6O2. The summed E-state index contributed by atoms with van der Waals surface area (Å²) in [4.78, 5) is 22.6. The second kappa shape index (κ2) is 6.54. The first-order chi connectivity index (χ1) is 12.2. The van der Waals surface area contributed by atoms with Gasteiger partial charge in [0.05, 0.1) is 12.9 Å². The van der Waals surface area contributed by atoms with E-state index in [0.29, 0.717) is 24.1 Å². The fourth-order valence-corrected chi connectivity index (χ4v) is 3.07. The van der Waals surface area contributed by atoms with E-state index in [1.807, 2.05) is 24.1 Å². The molecule has 3 aromatic rings. The Kier molecular flexibility index (Phi) is 4.09. The summed E-state index contributed by atoms with van der Waals surface area (Å²) < 4.78 is 9.32. The first kappa shape index (κ1) is 15.6. The summed E-state index contributed by atoms with van der Waals surface area (Å²) in [5, 5.41) is 4.36. The standard InChI is InChI=1S/C17H20N6O2/c1-21-10-14(19-12-21)17(24)22-7-4-13(5-8-22)11-25-16-3-2-15-18-6-9-23(15)20-16/h2-3,6,9-10,12-13H,4-5,7-8,11H2,1H3. The first-order valence-electron chi connectivity index (χ1n) is 8.39. The van der Waals surface area contributed by atoms with Gasteiger partial charge in [-0.05, 0) is 24.8 Å². The zero-order valence-corrected chi connectivity index (χ0v) is 14.1. The summed E-state index contributed by atoms with van der Waals surface area (Å²) in [6.45, 7) is 2.08. The van der Waals surface area contributed by atoms with E-state index in [4.69, 9.17) is 4.74 Å². The zero-order chi connectivity index (χ0) is 17.2. The lowest BCUT2D eigenvalue weighted by Gasteiger charge is -2.31. The Bertz CT molecular complexity index is 878. The van der Waals surface area contributed by atoms with Gasteiger partial charge >= 0.3 is 0 Å². The molecule has 8 heteroatoms. The van der Waals surface area contributed by atoms with Crippen LogP contribution >= 0.6 is 0 Å². The number of amides is 1. The van der Waals surface area contributed by atoms with Gasteiger partial charge in [0.25, 0.3) is 5.91 Å². The summed E-state index contributed by atoms with van der Waals surface area (Å²) >= 11 is 0. The van der Waals surface area contributed by atoms with Crippen molar-refractivity contribution in [3.8, 4) is 5.88 Å². The molecule has 1 amide bonds. The van der Waals surface area contributed by atoms with Gasteiger partial charge in [0.2, 0.25) is 5.88 Å². The zero-order valence-electron chi connectivity index (χ0n) is 14.1. The number of imidazole rings is 2. The van der Waals surface area contributed by atoms with Crippen LogP contribution in [0.25, 0.3) is 5.65 Å². The highest BCUT2D eigenvalue weighted by molar-refractivity contribution is 5.92. The summed E-state index contributed by atoms with van der Waals surface area (Å²) in [5.74, 6) is 1.03. The van der Waals surface area contributed by atoms with Crippen molar-refractivity contribution in [2.45, 2.75) is 12.8 Å². The van der Waals surface area contributed by atoms with Crippen LogP contribution in [-0.2, 0) is 7.05 Å². The smallest absolute Gasteiger partial charge is 0.274 e. The summed E-state index contributed by atoms with van der Waals surface area (Å²) in [6.07, 6.45) is 8.76. The molecule has 0 N–H and O–H groups in total. The number of carbonyl (C=O) groups excluding carboxylic acids is 1. The van der Waals surface area contributed by atoms with Crippen LogP contribution in [0.15, 0.2) is 37.1 Å². The maximum Gasteiger partial charge on any atom is 0.274 e. The highest BCUT2D eigenvalue weighted by Crippen LogP contribution is 2.20. The van der Waals surface area contributed by atoms with E-state index in [-0.39, 0.29) is 5.91 Å². The van der Waals surface area contributed by atoms with Crippen LogP contribution in [0, 0.1) is 5.92 Å². The van der Waals surface area contributed by atoms with Crippen LogP contribution < -0.4 is 4.74 Å². The topological polar surface area (TPSA) is 77.5 Å². The van der Waals surface area contributed by atoms with Gasteiger partial charge in [-0.25, -0.2) is 14.5 Å². The van der Waals surface area contributed by atoms with Crippen molar-refractivity contribution < 1.29 is 9.53 Å². The number of nitrogens with zero attached hydrogens (tertiary/aromatic N) is 6. The third-order valence-corrected chi connectivity index (χ3v) is 4.52. The number of ether oxygens (including phenoxy) is 1.